The van der Waals surface area contributed by atoms with Gasteiger partial charge in [0.15, 0.2) is 6.10 Å². The number of phosphoric ester groups is 1. The Balaban J connectivity index is 3.80. The summed E-state index contributed by atoms with van der Waals surface area (Å²) >= 11 is 0. The van der Waals surface area contributed by atoms with Crippen LogP contribution in [0.25, 0.3) is 0 Å². The van der Waals surface area contributed by atoms with Gasteiger partial charge in [-0.1, -0.05) is 243 Å². The van der Waals surface area contributed by atoms with Crippen LogP contribution in [0.5, 0.6) is 0 Å². The highest BCUT2D eigenvalue weighted by Gasteiger charge is 2.26. The van der Waals surface area contributed by atoms with Crippen molar-refractivity contribution in [3.63, 3.8) is 0 Å². The van der Waals surface area contributed by atoms with Gasteiger partial charge in [-0.3, -0.25) is 18.6 Å². The molecule has 0 aliphatic heterocycles. The summed E-state index contributed by atoms with van der Waals surface area (Å²) in [6.07, 6.45) is 63.7. The number of phosphoric acid groups is 1. The molecular weight excluding hydrogens is 858 g/mol. The van der Waals surface area contributed by atoms with Crippen LogP contribution in [-0.2, 0) is 32.7 Å². The Hall–Kier alpha value is -1.77. The number of allylic oxidation sites excluding steroid dienone is 6. The Kier molecular flexibility index (Phi) is 52.2. The van der Waals surface area contributed by atoms with Crippen molar-refractivity contribution in [3.8, 4) is 0 Å². The zero-order valence-corrected chi connectivity index (χ0v) is 44.8. The van der Waals surface area contributed by atoms with Crippen LogP contribution in [0, 0.1) is 0 Å². The minimum Gasteiger partial charge on any atom is -0.462 e. The highest BCUT2D eigenvalue weighted by atomic mass is 31.2. The molecule has 10 heteroatoms. The first-order chi connectivity index (χ1) is 32.8. The SMILES string of the molecule is CCC/C=C\C/C=C\CCCCCCCC(=O)OC(COC(=O)CCCCCCCCCCCCCCCCCCCCCCC/C=C\CCCCCCCCCC)COP(=O)(O)OCCN. The predicted octanol–water partition coefficient (Wildman–Crippen LogP) is 17.6. The molecule has 2 atom stereocenters. The van der Waals surface area contributed by atoms with Gasteiger partial charge in [-0.2, -0.15) is 0 Å². The third-order valence-corrected chi connectivity index (χ3v) is 13.5. The van der Waals surface area contributed by atoms with E-state index in [4.69, 9.17) is 24.3 Å². The number of hydrogen-bond donors (Lipinski definition) is 2. The minimum absolute atomic E-state index is 0.0518. The summed E-state index contributed by atoms with van der Waals surface area (Å²) in [5.74, 6) is -0.834. The average Bonchev–Trinajstić information content (AvgIpc) is 3.32. The summed E-state index contributed by atoms with van der Waals surface area (Å²) < 4.78 is 32.9. The van der Waals surface area contributed by atoms with Gasteiger partial charge in [0.25, 0.3) is 0 Å². The molecular formula is C57H108NO8P. The molecule has 0 rings (SSSR count). The molecule has 0 aromatic rings. The summed E-state index contributed by atoms with van der Waals surface area (Å²) in [4.78, 5) is 35.0. The van der Waals surface area contributed by atoms with E-state index in [-0.39, 0.29) is 38.6 Å². The first-order valence-corrected chi connectivity index (χ1v) is 30.0. The molecule has 0 saturated heterocycles. The number of hydrogen-bond acceptors (Lipinski definition) is 8. The van der Waals surface area contributed by atoms with E-state index in [1.807, 2.05) is 0 Å². The Morgan fingerprint density at radius 3 is 1.21 bits per heavy atom. The van der Waals surface area contributed by atoms with Gasteiger partial charge in [-0.15, -0.1) is 0 Å². The van der Waals surface area contributed by atoms with Gasteiger partial charge < -0.3 is 20.1 Å². The van der Waals surface area contributed by atoms with Crippen molar-refractivity contribution in [2.45, 2.75) is 290 Å². The van der Waals surface area contributed by atoms with Gasteiger partial charge >= 0.3 is 19.8 Å². The van der Waals surface area contributed by atoms with Crippen molar-refractivity contribution in [1.29, 1.82) is 0 Å². The highest BCUT2D eigenvalue weighted by Crippen LogP contribution is 2.43. The topological polar surface area (TPSA) is 134 Å². The summed E-state index contributed by atoms with van der Waals surface area (Å²) in [6, 6.07) is 0. The van der Waals surface area contributed by atoms with Crippen LogP contribution < -0.4 is 5.73 Å². The van der Waals surface area contributed by atoms with E-state index >= 15 is 0 Å². The molecule has 0 bridgehead atoms. The van der Waals surface area contributed by atoms with Crippen LogP contribution in [0.4, 0.5) is 0 Å². The first kappa shape index (κ1) is 65.2. The Bertz CT molecular complexity index is 1190. The van der Waals surface area contributed by atoms with Gasteiger partial charge in [0.05, 0.1) is 13.2 Å². The molecule has 0 spiro atoms. The lowest BCUT2D eigenvalue weighted by Gasteiger charge is -2.19. The van der Waals surface area contributed by atoms with Crippen LogP contribution in [0.15, 0.2) is 36.5 Å². The Morgan fingerprint density at radius 2 is 0.806 bits per heavy atom. The zero-order valence-electron chi connectivity index (χ0n) is 43.9. The van der Waals surface area contributed by atoms with E-state index < -0.39 is 26.5 Å². The molecule has 3 N–H and O–H groups in total. The minimum atomic E-state index is -4.38. The van der Waals surface area contributed by atoms with Crippen molar-refractivity contribution in [1.82, 2.24) is 0 Å². The summed E-state index contributed by atoms with van der Waals surface area (Å²) in [6.45, 7) is 3.69. The van der Waals surface area contributed by atoms with Crippen molar-refractivity contribution in [3.05, 3.63) is 36.5 Å². The van der Waals surface area contributed by atoms with Crippen LogP contribution in [-0.4, -0.2) is 49.3 Å². The zero-order chi connectivity index (χ0) is 48.8. The third kappa shape index (κ3) is 53.4. The van der Waals surface area contributed by atoms with Crippen LogP contribution >= 0.6 is 7.82 Å². The average molecular weight is 966 g/mol. The quantitative estimate of drug-likeness (QED) is 0.0264. The molecule has 2 unspecified atom stereocenters. The van der Waals surface area contributed by atoms with Gasteiger partial charge in [-0.25, -0.2) is 4.57 Å². The predicted molar refractivity (Wildman–Crippen MR) is 284 cm³/mol. The molecule has 9 nitrogen and oxygen atoms in total. The van der Waals surface area contributed by atoms with Crippen molar-refractivity contribution in [2.75, 3.05) is 26.4 Å². The highest BCUT2D eigenvalue weighted by molar-refractivity contribution is 7.47. The lowest BCUT2D eigenvalue weighted by molar-refractivity contribution is -0.161. The van der Waals surface area contributed by atoms with E-state index in [9.17, 15) is 19.0 Å². The lowest BCUT2D eigenvalue weighted by atomic mass is 10.0. The second-order valence-electron chi connectivity index (χ2n) is 19.2. The first-order valence-electron chi connectivity index (χ1n) is 28.5. The number of carbonyl (C=O) groups is 2. The molecule has 67 heavy (non-hydrogen) atoms. The van der Waals surface area contributed by atoms with Crippen molar-refractivity contribution >= 4 is 19.8 Å². The number of nitrogens with two attached hydrogens (primary N) is 1. The fourth-order valence-corrected chi connectivity index (χ4v) is 9.02. The maximum absolute atomic E-state index is 12.6. The number of unbranched alkanes of at least 4 members (excludes halogenated alkanes) is 35. The molecule has 0 radical (unpaired) electrons. The number of ether oxygens (including phenoxy) is 2. The van der Waals surface area contributed by atoms with E-state index in [0.29, 0.717) is 6.42 Å². The molecule has 0 aromatic carbocycles. The maximum atomic E-state index is 12.6. The fraction of sp³-hybridized carbons (Fsp3) is 0.860. The summed E-state index contributed by atoms with van der Waals surface area (Å²) in [7, 11) is -4.38. The lowest BCUT2D eigenvalue weighted by Crippen LogP contribution is -2.29. The smallest absolute Gasteiger partial charge is 0.462 e. The standard InChI is InChI=1S/C57H108NO8P/c1-3-5-7-9-11-13-15-17-18-19-20-21-22-23-24-25-26-27-28-29-30-31-32-33-34-35-36-38-39-41-43-45-47-49-56(59)63-53-55(54-65-67(61,62)64-52-51-58)66-57(60)50-48-46-44-42-40-37-16-14-12-10-8-6-4-2/h8,10,14,16,19-20,55H,3-7,9,11-13,15,17-18,21-54,58H2,1-2H3,(H,61,62)/b10-8-,16-14-,20-19-. The second kappa shape index (κ2) is 53.6. The molecule has 0 aromatic heterocycles. The van der Waals surface area contributed by atoms with Gasteiger partial charge in [0.2, 0.25) is 0 Å². The van der Waals surface area contributed by atoms with Gasteiger partial charge in [-0.05, 0) is 64.2 Å². The third-order valence-electron chi connectivity index (χ3n) is 12.5. The molecule has 0 saturated carbocycles. The number of rotatable bonds is 54. The molecule has 394 valence electrons. The fourth-order valence-electron chi connectivity index (χ4n) is 8.26. The molecule has 0 aliphatic carbocycles. The normalized spacial score (nSPS) is 13.3. The Morgan fingerprint density at radius 1 is 0.448 bits per heavy atom. The van der Waals surface area contributed by atoms with Crippen molar-refractivity contribution in [2.24, 2.45) is 5.73 Å². The van der Waals surface area contributed by atoms with E-state index in [0.717, 1.165) is 64.2 Å². The largest absolute Gasteiger partial charge is 0.472 e. The molecule has 0 fully saturated rings. The van der Waals surface area contributed by atoms with Crippen LogP contribution in [0.2, 0.25) is 0 Å². The molecule has 0 aliphatic rings. The Labute approximate surface area is 414 Å². The molecule has 0 heterocycles. The maximum Gasteiger partial charge on any atom is 0.472 e. The van der Waals surface area contributed by atoms with E-state index in [2.05, 4.69) is 50.3 Å². The number of carbonyl (C=O) groups excluding carboxylic acids is 2. The van der Waals surface area contributed by atoms with Crippen molar-refractivity contribution < 1.29 is 37.6 Å². The summed E-state index contributed by atoms with van der Waals surface area (Å²) in [5, 5.41) is 0. The second-order valence-corrected chi connectivity index (χ2v) is 20.6. The van der Waals surface area contributed by atoms with Gasteiger partial charge in [0.1, 0.15) is 6.61 Å². The van der Waals surface area contributed by atoms with Crippen LogP contribution in [0.3, 0.4) is 0 Å². The number of esters is 2. The summed E-state index contributed by atoms with van der Waals surface area (Å²) in [5.41, 5.74) is 5.36. The van der Waals surface area contributed by atoms with Crippen LogP contribution in [0.1, 0.15) is 284 Å². The monoisotopic (exact) mass is 966 g/mol. The van der Waals surface area contributed by atoms with E-state index in [1.54, 1.807) is 0 Å². The van der Waals surface area contributed by atoms with Gasteiger partial charge in [0, 0.05) is 19.4 Å². The van der Waals surface area contributed by atoms with E-state index in [1.165, 1.54) is 186 Å². The molecule has 0 amide bonds.